The highest BCUT2D eigenvalue weighted by molar-refractivity contribution is 5.78. The number of amidine groups is 1. The molecule has 0 fully saturated rings. The highest BCUT2D eigenvalue weighted by atomic mass is 16.5. The fraction of sp³-hybridized carbons (Fsp3) is 0.300. The fourth-order valence-corrected chi connectivity index (χ4v) is 3.94. The van der Waals surface area contributed by atoms with Crippen molar-refractivity contribution >= 4 is 23.3 Å². The minimum absolute atomic E-state index is 0.206. The summed E-state index contributed by atoms with van der Waals surface area (Å²) in [7, 11) is 0. The molecule has 138 valence electrons. The number of ether oxygens (including phenoxy) is 2. The van der Waals surface area contributed by atoms with E-state index in [1.807, 2.05) is 30.1 Å². The lowest BCUT2D eigenvalue weighted by atomic mass is 10.1. The number of hydrogen-bond donors (Lipinski definition) is 2. The Morgan fingerprint density at radius 2 is 2.07 bits per heavy atom. The second kappa shape index (κ2) is 6.19. The molecule has 5 rings (SSSR count). The first-order valence-corrected chi connectivity index (χ1v) is 9.12. The Morgan fingerprint density at radius 3 is 3.00 bits per heavy atom. The van der Waals surface area contributed by atoms with E-state index in [0.717, 1.165) is 29.8 Å². The van der Waals surface area contributed by atoms with Gasteiger partial charge < -0.3 is 20.5 Å². The topological polar surface area (TPSA) is 84.5 Å². The molecule has 2 aromatic rings. The molecule has 1 unspecified atom stereocenters. The third-order valence-corrected chi connectivity index (χ3v) is 5.18. The monoisotopic (exact) mass is 363 g/mol. The number of benzene rings is 2. The molecule has 0 radical (unpaired) electrons. The zero-order valence-corrected chi connectivity index (χ0v) is 15.1. The molecule has 0 saturated heterocycles. The Kier molecular flexibility index (Phi) is 3.67. The minimum Gasteiger partial charge on any atom is -0.460 e. The third-order valence-electron chi connectivity index (χ3n) is 5.18. The van der Waals surface area contributed by atoms with Crippen LogP contribution in [0.4, 0.5) is 11.4 Å². The van der Waals surface area contributed by atoms with Gasteiger partial charge in [-0.15, -0.1) is 5.10 Å². The number of rotatable bonds is 3. The normalized spacial score (nSPS) is 22.9. The van der Waals surface area contributed by atoms with E-state index in [2.05, 4.69) is 39.7 Å². The maximum absolute atomic E-state index is 5.95. The molecule has 0 bridgehead atoms. The molecule has 3 N–H and O–H groups in total. The number of fused-ring (bicyclic) bond motifs is 2. The Morgan fingerprint density at radius 1 is 1.19 bits per heavy atom. The van der Waals surface area contributed by atoms with Gasteiger partial charge in [-0.3, -0.25) is 0 Å². The van der Waals surface area contributed by atoms with Crippen LogP contribution in [0.1, 0.15) is 36.1 Å². The Balaban J connectivity index is 1.39. The zero-order valence-electron chi connectivity index (χ0n) is 15.1. The molecule has 7 heteroatoms. The minimum atomic E-state index is -0.350. The van der Waals surface area contributed by atoms with E-state index in [0.29, 0.717) is 12.5 Å². The first kappa shape index (κ1) is 16.0. The molecule has 0 saturated carbocycles. The summed E-state index contributed by atoms with van der Waals surface area (Å²) < 4.78 is 11.3. The van der Waals surface area contributed by atoms with Crippen LogP contribution >= 0.6 is 0 Å². The average Bonchev–Trinajstić information content (AvgIpc) is 3.25. The van der Waals surface area contributed by atoms with Crippen LogP contribution in [0.3, 0.4) is 0 Å². The number of aryl methyl sites for hydroxylation is 1. The number of aliphatic imine (C=N–C) groups is 1. The molecule has 7 nitrogen and oxygen atoms in total. The molecule has 0 spiro atoms. The fourth-order valence-electron chi connectivity index (χ4n) is 3.94. The van der Waals surface area contributed by atoms with Gasteiger partial charge in [-0.05, 0) is 42.2 Å². The van der Waals surface area contributed by atoms with Gasteiger partial charge in [0, 0.05) is 18.2 Å². The largest absolute Gasteiger partial charge is 0.460 e. The summed E-state index contributed by atoms with van der Waals surface area (Å²) >= 11 is 0. The van der Waals surface area contributed by atoms with Crippen LogP contribution in [0.15, 0.2) is 52.6 Å². The Hall–Kier alpha value is -3.22. The van der Waals surface area contributed by atoms with Gasteiger partial charge in [0.05, 0.1) is 11.7 Å². The smallest absolute Gasteiger partial charge is 0.287 e. The van der Waals surface area contributed by atoms with Crippen molar-refractivity contribution in [3.8, 4) is 0 Å². The SMILES string of the molecule is CC1=NN([C@@H]2CCc3ccccc32)C(Nc2ccc3c(c2)COC(N)=N3)O1. The second-order valence-corrected chi connectivity index (χ2v) is 6.95. The molecule has 1 aliphatic carbocycles. The number of nitrogens with one attached hydrogen (secondary N) is 1. The van der Waals surface area contributed by atoms with Crippen molar-refractivity contribution in [2.75, 3.05) is 5.32 Å². The average molecular weight is 363 g/mol. The van der Waals surface area contributed by atoms with Crippen LogP contribution in [0.5, 0.6) is 0 Å². The van der Waals surface area contributed by atoms with Crippen LogP contribution in [0, 0.1) is 0 Å². The first-order chi connectivity index (χ1) is 13.2. The standard InChI is InChI=1S/C20H21N5O2/c1-12-24-25(18-9-6-13-4-2-3-5-16(13)18)20(27-12)22-15-7-8-17-14(10-15)11-26-19(21)23-17/h2-5,7-8,10,18,20,22H,6,9,11H2,1H3,(H2,21,23)/t18-,20?/m1/s1. The lowest BCUT2D eigenvalue weighted by molar-refractivity contribution is 0.0447. The zero-order chi connectivity index (χ0) is 18.4. The predicted molar refractivity (Wildman–Crippen MR) is 103 cm³/mol. The number of anilines is 1. The summed E-state index contributed by atoms with van der Waals surface area (Å²) in [4.78, 5) is 4.21. The first-order valence-electron chi connectivity index (χ1n) is 9.12. The van der Waals surface area contributed by atoms with Gasteiger partial charge in [-0.2, -0.15) is 4.99 Å². The summed E-state index contributed by atoms with van der Waals surface area (Å²) in [6.45, 7) is 2.30. The second-order valence-electron chi connectivity index (χ2n) is 6.95. The molecular weight excluding hydrogens is 342 g/mol. The molecule has 2 atom stereocenters. The van der Waals surface area contributed by atoms with Gasteiger partial charge in [-0.1, -0.05) is 24.3 Å². The van der Waals surface area contributed by atoms with E-state index < -0.39 is 0 Å². The maximum atomic E-state index is 5.95. The molecule has 2 aromatic carbocycles. The quantitative estimate of drug-likeness (QED) is 0.875. The highest BCUT2D eigenvalue weighted by Gasteiger charge is 2.36. The van der Waals surface area contributed by atoms with E-state index in [4.69, 9.17) is 15.2 Å². The summed E-state index contributed by atoms with van der Waals surface area (Å²) in [5.74, 6) is 0.663. The van der Waals surface area contributed by atoms with E-state index in [1.54, 1.807) is 0 Å². The van der Waals surface area contributed by atoms with Gasteiger partial charge in [0.15, 0.2) is 0 Å². The lowest BCUT2D eigenvalue weighted by Crippen LogP contribution is -2.37. The molecule has 2 aliphatic heterocycles. The van der Waals surface area contributed by atoms with Crippen LogP contribution in [0.25, 0.3) is 0 Å². The van der Waals surface area contributed by atoms with Crippen molar-refractivity contribution in [2.24, 2.45) is 15.8 Å². The van der Waals surface area contributed by atoms with Crippen LogP contribution < -0.4 is 11.1 Å². The molecule has 2 heterocycles. The number of nitrogens with two attached hydrogens (primary N) is 1. The molecule has 27 heavy (non-hydrogen) atoms. The van der Waals surface area contributed by atoms with E-state index in [1.165, 1.54) is 11.1 Å². The van der Waals surface area contributed by atoms with Crippen LogP contribution in [-0.2, 0) is 22.5 Å². The third kappa shape index (κ3) is 2.85. The van der Waals surface area contributed by atoms with Crippen molar-refractivity contribution < 1.29 is 9.47 Å². The predicted octanol–water partition coefficient (Wildman–Crippen LogP) is 3.21. The molecule has 3 aliphatic rings. The van der Waals surface area contributed by atoms with Gasteiger partial charge >= 0.3 is 0 Å². The lowest BCUT2D eigenvalue weighted by Gasteiger charge is -2.29. The van der Waals surface area contributed by atoms with Crippen molar-refractivity contribution in [3.63, 3.8) is 0 Å². The number of hydrazone groups is 1. The van der Waals surface area contributed by atoms with Crippen molar-refractivity contribution in [1.29, 1.82) is 0 Å². The van der Waals surface area contributed by atoms with Crippen molar-refractivity contribution in [1.82, 2.24) is 5.01 Å². The summed E-state index contributed by atoms with van der Waals surface area (Å²) in [5.41, 5.74) is 11.1. The Labute approximate surface area is 157 Å². The number of hydrogen-bond acceptors (Lipinski definition) is 7. The van der Waals surface area contributed by atoms with Gasteiger partial charge in [0.2, 0.25) is 5.90 Å². The Bertz CT molecular complexity index is 955. The van der Waals surface area contributed by atoms with Gasteiger partial charge in [0.1, 0.15) is 6.61 Å². The molecule has 0 aromatic heterocycles. The highest BCUT2D eigenvalue weighted by Crippen LogP contribution is 2.39. The molecular formula is C20H21N5O2. The van der Waals surface area contributed by atoms with Gasteiger partial charge in [-0.25, -0.2) is 5.01 Å². The van der Waals surface area contributed by atoms with Gasteiger partial charge in [0.25, 0.3) is 12.4 Å². The maximum Gasteiger partial charge on any atom is 0.287 e. The van der Waals surface area contributed by atoms with E-state index in [-0.39, 0.29) is 18.4 Å². The van der Waals surface area contributed by atoms with E-state index >= 15 is 0 Å². The summed E-state index contributed by atoms with van der Waals surface area (Å²) in [6, 6.07) is 14.9. The van der Waals surface area contributed by atoms with E-state index in [9.17, 15) is 0 Å². The summed E-state index contributed by atoms with van der Waals surface area (Å²) in [5, 5.41) is 10.1. The number of nitrogens with zero attached hydrogens (tertiary/aromatic N) is 3. The summed E-state index contributed by atoms with van der Waals surface area (Å²) in [6.07, 6.45) is 1.75. The van der Waals surface area contributed by atoms with Crippen LogP contribution in [0.2, 0.25) is 0 Å². The van der Waals surface area contributed by atoms with Crippen LogP contribution in [-0.4, -0.2) is 23.3 Å². The molecule has 0 amide bonds. The van der Waals surface area contributed by atoms with Crippen molar-refractivity contribution in [2.45, 2.75) is 38.8 Å². The van der Waals surface area contributed by atoms with Crippen molar-refractivity contribution in [3.05, 3.63) is 59.2 Å².